The molecule has 1 aromatic heterocycles. The number of carbonyl (C=O) groups is 1. The third-order valence-corrected chi connectivity index (χ3v) is 4.79. The second-order valence-electron chi connectivity index (χ2n) is 7.13. The highest BCUT2D eigenvalue weighted by Gasteiger charge is 2.25. The van der Waals surface area contributed by atoms with Crippen molar-refractivity contribution in [1.29, 1.82) is 0 Å². The molecule has 1 saturated heterocycles. The van der Waals surface area contributed by atoms with Crippen molar-refractivity contribution in [2.24, 2.45) is 0 Å². The van der Waals surface area contributed by atoms with Crippen molar-refractivity contribution in [2.75, 3.05) is 18.4 Å². The maximum absolute atomic E-state index is 12.4. The minimum atomic E-state index is -0.0357. The molecule has 0 radical (unpaired) electrons. The molecule has 25 heavy (non-hydrogen) atoms. The molecule has 5 heteroatoms. The van der Waals surface area contributed by atoms with Crippen molar-refractivity contribution in [3.63, 3.8) is 0 Å². The van der Waals surface area contributed by atoms with E-state index in [1.165, 1.54) is 12.0 Å². The summed E-state index contributed by atoms with van der Waals surface area (Å²) in [7, 11) is 0. The fourth-order valence-corrected chi connectivity index (χ4v) is 3.37. The van der Waals surface area contributed by atoms with Gasteiger partial charge >= 0.3 is 0 Å². The summed E-state index contributed by atoms with van der Waals surface area (Å²) in [5.41, 5.74) is 2.19. The molecule has 1 atom stereocenters. The average molecular weight is 341 g/mol. The summed E-state index contributed by atoms with van der Waals surface area (Å²) >= 11 is 0. The van der Waals surface area contributed by atoms with Gasteiger partial charge in [-0.05, 0) is 37.3 Å². The van der Waals surface area contributed by atoms with E-state index in [2.05, 4.69) is 39.6 Å². The summed E-state index contributed by atoms with van der Waals surface area (Å²) < 4.78 is 5.21. The van der Waals surface area contributed by atoms with Crippen LogP contribution in [0.2, 0.25) is 0 Å². The van der Waals surface area contributed by atoms with Crippen LogP contribution in [0.25, 0.3) is 0 Å². The lowest BCUT2D eigenvalue weighted by Gasteiger charge is -2.35. The monoisotopic (exact) mass is 341 g/mol. The predicted octanol–water partition coefficient (Wildman–Crippen LogP) is 3.83. The van der Waals surface area contributed by atoms with E-state index >= 15 is 0 Å². The van der Waals surface area contributed by atoms with Gasteiger partial charge in [0.2, 0.25) is 11.8 Å². The van der Waals surface area contributed by atoms with E-state index in [4.69, 9.17) is 4.52 Å². The third kappa shape index (κ3) is 4.92. The number of anilines is 1. The first-order valence-corrected chi connectivity index (χ1v) is 9.16. The molecule has 0 spiro atoms. The Labute approximate surface area is 149 Å². The second-order valence-corrected chi connectivity index (χ2v) is 7.13. The third-order valence-electron chi connectivity index (χ3n) is 4.79. The van der Waals surface area contributed by atoms with Gasteiger partial charge < -0.3 is 4.52 Å². The smallest absolute Gasteiger partial charge is 0.240 e. The largest absolute Gasteiger partial charge is 0.338 e. The molecular weight excluding hydrogens is 314 g/mol. The van der Waals surface area contributed by atoms with Crippen LogP contribution in [-0.4, -0.2) is 35.1 Å². The number of nitrogens with zero attached hydrogens (tertiary/aromatic N) is 2. The van der Waals surface area contributed by atoms with Gasteiger partial charge in [0.15, 0.2) is 0 Å². The second kappa shape index (κ2) is 8.30. The zero-order valence-electron chi connectivity index (χ0n) is 15.1. The molecule has 1 aliphatic rings. The van der Waals surface area contributed by atoms with E-state index in [1.54, 1.807) is 6.07 Å². The molecule has 134 valence electrons. The van der Waals surface area contributed by atoms with Crippen molar-refractivity contribution in [3.05, 3.63) is 47.7 Å². The highest BCUT2D eigenvalue weighted by atomic mass is 16.5. The Kier molecular flexibility index (Phi) is 5.87. The zero-order valence-corrected chi connectivity index (χ0v) is 15.1. The van der Waals surface area contributed by atoms with Crippen LogP contribution in [0, 0.1) is 0 Å². The van der Waals surface area contributed by atoms with Crippen molar-refractivity contribution < 1.29 is 9.32 Å². The number of hydrogen-bond donors (Lipinski definition) is 1. The van der Waals surface area contributed by atoms with E-state index in [9.17, 15) is 4.79 Å². The Bertz CT molecular complexity index is 681. The maximum atomic E-state index is 12.4. The average Bonchev–Trinajstić information content (AvgIpc) is 3.06. The van der Waals surface area contributed by atoms with E-state index in [1.807, 2.05) is 19.9 Å². The first-order valence-electron chi connectivity index (χ1n) is 9.16. The van der Waals surface area contributed by atoms with Crippen LogP contribution in [0.1, 0.15) is 50.3 Å². The quantitative estimate of drug-likeness (QED) is 0.867. The first kappa shape index (κ1) is 17.7. The normalized spacial score (nSPS) is 18.4. The fourth-order valence-electron chi connectivity index (χ4n) is 3.37. The van der Waals surface area contributed by atoms with Crippen LogP contribution >= 0.6 is 0 Å². The maximum Gasteiger partial charge on any atom is 0.240 e. The van der Waals surface area contributed by atoms with Crippen molar-refractivity contribution in [2.45, 2.75) is 51.5 Å². The van der Waals surface area contributed by atoms with Gasteiger partial charge in [-0.2, -0.15) is 0 Å². The predicted molar refractivity (Wildman–Crippen MR) is 98.6 cm³/mol. The molecule has 0 aliphatic carbocycles. The van der Waals surface area contributed by atoms with Gasteiger partial charge in [0.1, 0.15) is 0 Å². The number of rotatable bonds is 6. The number of piperidine rings is 1. The minimum absolute atomic E-state index is 0.0357. The summed E-state index contributed by atoms with van der Waals surface area (Å²) in [5.74, 6) is 0.684. The number of hydrogen-bond acceptors (Lipinski definition) is 4. The van der Waals surface area contributed by atoms with Crippen molar-refractivity contribution in [3.8, 4) is 0 Å². The number of nitrogens with one attached hydrogen (secondary N) is 1. The van der Waals surface area contributed by atoms with E-state index < -0.39 is 0 Å². The molecule has 1 aromatic carbocycles. The lowest BCUT2D eigenvalue weighted by molar-refractivity contribution is -0.118. The first-order chi connectivity index (χ1) is 12.1. The van der Waals surface area contributed by atoms with E-state index in [-0.39, 0.29) is 11.8 Å². The van der Waals surface area contributed by atoms with Gasteiger partial charge in [0.25, 0.3) is 0 Å². The lowest BCUT2D eigenvalue weighted by Crippen LogP contribution is -2.45. The molecule has 2 aromatic rings. The Morgan fingerprint density at radius 2 is 2.12 bits per heavy atom. The molecule has 0 bridgehead atoms. The number of aromatic nitrogens is 1. The molecule has 1 N–H and O–H groups in total. The van der Waals surface area contributed by atoms with Crippen LogP contribution < -0.4 is 5.32 Å². The summed E-state index contributed by atoms with van der Waals surface area (Å²) in [4.78, 5) is 14.7. The van der Waals surface area contributed by atoms with Gasteiger partial charge in [-0.25, -0.2) is 0 Å². The van der Waals surface area contributed by atoms with Crippen LogP contribution in [0.5, 0.6) is 0 Å². The molecule has 0 saturated carbocycles. The highest BCUT2D eigenvalue weighted by molar-refractivity contribution is 5.91. The minimum Gasteiger partial charge on any atom is -0.338 e. The Balaban J connectivity index is 1.57. The number of carbonyl (C=O) groups excluding carboxylic acids is 1. The summed E-state index contributed by atoms with van der Waals surface area (Å²) in [6, 6.07) is 12.7. The van der Waals surface area contributed by atoms with E-state index in [0.717, 1.165) is 31.5 Å². The molecule has 1 fully saturated rings. The Morgan fingerprint density at radius 3 is 2.84 bits per heavy atom. The number of benzene rings is 1. The van der Waals surface area contributed by atoms with Crippen molar-refractivity contribution in [1.82, 2.24) is 10.1 Å². The SMILES string of the molecule is CC(C)c1cc(NC(=O)CN2CCCC[C@H]2Cc2ccccc2)on1. The van der Waals surface area contributed by atoms with Crippen LogP contribution in [0.4, 0.5) is 5.88 Å². The van der Waals surface area contributed by atoms with E-state index in [0.29, 0.717) is 18.5 Å². The van der Waals surface area contributed by atoms with Gasteiger partial charge in [-0.1, -0.05) is 55.8 Å². The lowest BCUT2D eigenvalue weighted by atomic mass is 9.95. The zero-order chi connectivity index (χ0) is 17.6. The molecule has 3 rings (SSSR count). The number of amides is 1. The van der Waals surface area contributed by atoms with Gasteiger partial charge in [0, 0.05) is 12.1 Å². The highest BCUT2D eigenvalue weighted by Crippen LogP contribution is 2.21. The Hall–Kier alpha value is -2.14. The number of likely N-dealkylation sites (tertiary alicyclic amines) is 1. The molecular formula is C20H27N3O2. The molecule has 5 nitrogen and oxygen atoms in total. The molecule has 1 aliphatic heterocycles. The molecule has 0 unspecified atom stereocenters. The van der Waals surface area contributed by atoms with Gasteiger partial charge in [-0.15, -0.1) is 0 Å². The fraction of sp³-hybridized carbons (Fsp3) is 0.500. The van der Waals surface area contributed by atoms with Crippen LogP contribution in [0.3, 0.4) is 0 Å². The molecule has 2 heterocycles. The Morgan fingerprint density at radius 1 is 1.32 bits per heavy atom. The topological polar surface area (TPSA) is 58.4 Å². The molecule has 1 amide bonds. The standard InChI is InChI=1S/C20H27N3O2/c1-15(2)18-13-20(25-22-18)21-19(24)14-23-11-7-6-10-17(23)12-16-8-4-3-5-9-16/h3-5,8-9,13,15,17H,6-7,10-12,14H2,1-2H3,(H,21,24)/t17-/m0/s1. The summed E-state index contributed by atoms with van der Waals surface area (Å²) in [6.07, 6.45) is 4.52. The van der Waals surface area contributed by atoms with Crippen LogP contribution in [0.15, 0.2) is 40.9 Å². The van der Waals surface area contributed by atoms with Gasteiger partial charge in [-0.3, -0.25) is 15.0 Å². The van der Waals surface area contributed by atoms with Gasteiger partial charge in [0.05, 0.1) is 12.2 Å². The van der Waals surface area contributed by atoms with Crippen LogP contribution in [-0.2, 0) is 11.2 Å². The summed E-state index contributed by atoms with van der Waals surface area (Å²) in [6.45, 7) is 5.46. The van der Waals surface area contributed by atoms with Crippen molar-refractivity contribution >= 4 is 11.8 Å². The summed E-state index contributed by atoms with van der Waals surface area (Å²) in [5, 5.41) is 6.82.